The lowest BCUT2D eigenvalue weighted by molar-refractivity contribution is -0.131. The van der Waals surface area contributed by atoms with Crippen molar-refractivity contribution in [3.8, 4) is 0 Å². The standard InChI is InChI=1S/C13H22N6OS/c20-12(18-8-6-14-7-9-18)5-10-21-13-15-16-17-19(13)11-3-1-2-4-11/h11,14H,1-10H2. The SMILES string of the molecule is O=C(CCSc1nnnn1C1CCCC1)N1CCNCC1. The Bertz CT molecular complexity index is 467. The van der Waals surface area contributed by atoms with Crippen LogP contribution in [0.5, 0.6) is 0 Å². The maximum absolute atomic E-state index is 12.1. The summed E-state index contributed by atoms with van der Waals surface area (Å²) in [7, 11) is 0. The first-order chi connectivity index (χ1) is 10.3. The van der Waals surface area contributed by atoms with Gasteiger partial charge in [0.15, 0.2) is 0 Å². The van der Waals surface area contributed by atoms with Crippen LogP contribution in [0.3, 0.4) is 0 Å². The molecule has 7 nitrogen and oxygen atoms in total. The van der Waals surface area contributed by atoms with Gasteiger partial charge in [0.1, 0.15) is 0 Å². The van der Waals surface area contributed by atoms with Crippen LogP contribution in [-0.2, 0) is 4.79 Å². The quantitative estimate of drug-likeness (QED) is 0.807. The Hall–Kier alpha value is -1.15. The molecule has 0 unspecified atom stereocenters. The number of thioether (sulfide) groups is 1. The fraction of sp³-hybridized carbons (Fsp3) is 0.846. The normalized spacial score (nSPS) is 20.1. The number of nitrogens with zero attached hydrogens (tertiary/aromatic N) is 5. The van der Waals surface area contributed by atoms with Crippen LogP contribution in [0.15, 0.2) is 5.16 Å². The molecule has 2 aliphatic rings. The van der Waals surface area contributed by atoms with E-state index in [-0.39, 0.29) is 5.91 Å². The molecule has 2 heterocycles. The Morgan fingerprint density at radius 3 is 2.81 bits per heavy atom. The summed E-state index contributed by atoms with van der Waals surface area (Å²) in [5.41, 5.74) is 0. The first-order valence-corrected chi connectivity index (χ1v) is 8.72. The van der Waals surface area contributed by atoms with Crippen LogP contribution in [0.4, 0.5) is 0 Å². The van der Waals surface area contributed by atoms with Crippen molar-refractivity contribution in [2.45, 2.75) is 43.3 Å². The summed E-state index contributed by atoms with van der Waals surface area (Å²) >= 11 is 1.60. The van der Waals surface area contributed by atoms with Crippen LogP contribution < -0.4 is 5.32 Å². The molecule has 1 aliphatic carbocycles. The average Bonchev–Trinajstić information content (AvgIpc) is 3.18. The van der Waals surface area contributed by atoms with Gasteiger partial charge in [0.2, 0.25) is 11.1 Å². The fourth-order valence-corrected chi connectivity index (χ4v) is 3.83. The van der Waals surface area contributed by atoms with Gasteiger partial charge in [-0.2, -0.15) is 0 Å². The molecule has 0 bridgehead atoms. The minimum Gasteiger partial charge on any atom is -0.340 e. The summed E-state index contributed by atoms with van der Waals surface area (Å²) < 4.78 is 1.95. The summed E-state index contributed by atoms with van der Waals surface area (Å²) in [6, 6.07) is 0.450. The first kappa shape index (κ1) is 14.8. The highest BCUT2D eigenvalue weighted by atomic mass is 32.2. The van der Waals surface area contributed by atoms with Gasteiger partial charge in [-0.3, -0.25) is 4.79 Å². The van der Waals surface area contributed by atoms with Gasteiger partial charge in [-0.05, 0) is 23.3 Å². The van der Waals surface area contributed by atoms with E-state index in [4.69, 9.17) is 0 Å². The predicted octanol–water partition coefficient (Wildman–Crippen LogP) is 0.702. The zero-order chi connectivity index (χ0) is 14.5. The maximum Gasteiger partial charge on any atom is 0.223 e. The van der Waals surface area contributed by atoms with Gasteiger partial charge < -0.3 is 10.2 Å². The topological polar surface area (TPSA) is 75.9 Å². The van der Waals surface area contributed by atoms with Crippen LogP contribution in [-0.4, -0.2) is 62.9 Å². The van der Waals surface area contributed by atoms with Crippen LogP contribution in [0.2, 0.25) is 0 Å². The average molecular weight is 310 g/mol. The molecule has 2 fully saturated rings. The van der Waals surface area contributed by atoms with Crippen molar-refractivity contribution >= 4 is 17.7 Å². The van der Waals surface area contributed by atoms with Crippen molar-refractivity contribution in [2.75, 3.05) is 31.9 Å². The minimum atomic E-state index is 0.240. The number of rotatable bonds is 5. The van der Waals surface area contributed by atoms with Crippen LogP contribution in [0.1, 0.15) is 38.1 Å². The molecule has 0 atom stereocenters. The van der Waals surface area contributed by atoms with Crippen molar-refractivity contribution in [1.82, 2.24) is 30.4 Å². The largest absolute Gasteiger partial charge is 0.340 e. The Morgan fingerprint density at radius 2 is 2.05 bits per heavy atom. The van der Waals surface area contributed by atoms with E-state index in [0.29, 0.717) is 12.5 Å². The molecule has 1 saturated carbocycles. The first-order valence-electron chi connectivity index (χ1n) is 7.74. The van der Waals surface area contributed by atoms with E-state index >= 15 is 0 Å². The van der Waals surface area contributed by atoms with Crippen LogP contribution in [0, 0.1) is 0 Å². The van der Waals surface area contributed by atoms with Gasteiger partial charge in [0.05, 0.1) is 6.04 Å². The lowest BCUT2D eigenvalue weighted by Gasteiger charge is -2.27. The Morgan fingerprint density at radius 1 is 1.29 bits per heavy atom. The van der Waals surface area contributed by atoms with Crippen molar-refractivity contribution < 1.29 is 4.79 Å². The molecule has 1 aliphatic heterocycles. The van der Waals surface area contributed by atoms with E-state index < -0.39 is 0 Å². The molecule has 0 aromatic carbocycles. The molecule has 21 heavy (non-hydrogen) atoms. The Balaban J connectivity index is 1.47. The van der Waals surface area contributed by atoms with E-state index in [1.807, 2.05) is 9.58 Å². The molecule has 1 aromatic heterocycles. The van der Waals surface area contributed by atoms with E-state index in [2.05, 4.69) is 20.8 Å². The van der Waals surface area contributed by atoms with Gasteiger partial charge in [-0.15, -0.1) is 5.10 Å². The third-order valence-corrected chi connectivity index (χ3v) is 5.09. The highest BCUT2D eigenvalue weighted by Crippen LogP contribution is 2.31. The van der Waals surface area contributed by atoms with E-state index in [0.717, 1.165) is 49.9 Å². The molecule has 1 saturated heterocycles. The van der Waals surface area contributed by atoms with Crippen LogP contribution >= 0.6 is 11.8 Å². The maximum atomic E-state index is 12.1. The summed E-state index contributed by atoms with van der Waals surface area (Å²) in [4.78, 5) is 14.0. The number of aromatic nitrogens is 4. The molecule has 0 radical (unpaired) electrons. The predicted molar refractivity (Wildman–Crippen MR) is 80.1 cm³/mol. The number of piperazine rings is 1. The Kier molecular flexibility index (Phi) is 5.08. The molecule has 1 amide bonds. The lowest BCUT2D eigenvalue weighted by atomic mass is 10.3. The smallest absolute Gasteiger partial charge is 0.223 e. The van der Waals surface area contributed by atoms with E-state index in [9.17, 15) is 4.79 Å². The zero-order valence-electron chi connectivity index (χ0n) is 12.2. The third kappa shape index (κ3) is 3.74. The number of hydrogen-bond acceptors (Lipinski definition) is 6. The highest BCUT2D eigenvalue weighted by molar-refractivity contribution is 7.99. The fourth-order valence-electron chi connectivity index (χ4n) is 2.96. The molecule has 116 valence electrons. The second kappa shape index (κ2) is 7.22. The minimum absolute atomic E-state index is 0.240. The molecule has 3 rings (SSSR count). The number of tetrazole rings is 1. The molecule has 0 spiro atoms. The van der Waals surface area contributed by atoms with Crippen molar-refractivity contribution in [1.29, 1.82) is 0 Å². The van der Waals surface area contributed by atoms with Gasteiger partial charge >= 0.3 is 0 Å². The number of amides is 1. The molecule has 1 aromatic rings. The summed E-state index contributed by atoms with van der Waals surface area (Å²) in [5, 5.41) is 16.1. The van der Waals surface area contributed by atoms with Gasteiger partial charge in [0, 0.05) is 38.4 Å². The summed E-state index contributed by atoms with van der Waals surface area (Å²) in [6.45, 7) is 3.45. The summed E-state index contributed by atoms with van der Waals surface area (Å²) in [5.74, 6) is 0.986. The lowest BCUT2D eigenvalue weighted by Crippen LogP contribution is -2.46. The van der Waals surface area contributed by atoms with Gasteiger partial charge in [0.25, 0.3) is 0 Å². The second-order valence-electron chi connectivity index (χ2n) is 5.57. The zero-order valence-corrected chi connectivity index (χ0v) is 13.0. The van der Waals surface area contributed by atoms with Crippen LogP contribution in [0.25, 0.3) is 0 Å². The van der Waals surface area contributed by atoms with Crippen molar-refractivity contribution in [3.63, 3.8) is 0 Å². The van der Waals surface area contributed by atoms with E-state index in [1.54, 1.807) is 11.8 Å². The Labute approximate surface area is 128 Å². The van der Waals surface area contributed by atoms with Gasteiger partial charge in [-0.1, -0.05) is 24.6 Å². The number of nitrogens with one attached hydrogen (secondary N) is 1. The van der Waals surface area contributed by atoms with Crippen molar-refractivity contribution in [3.05, 3.63) is 0 Å². The monoisotopic (exact) mass is 310 g/mol. The number of carbonyl (C=O) groups excluding carboxylic acids is 1. The molecular formula is C13H22N6OS. The highest BCUT2D eigenvalue weighted by Gasteiger charge is 2.22. The number of carbonyl (C=O) groups is 1. The second-order valence-corrected chi connectivity index (χ2v) is 6.64. The van der Waals surface area contributed by atoms with Crippen molar-refractivity contribution in [2.24, 2.45) is 0 Å². The summed E-state index contributed by atoms with van der Waals surface area (Å²) in [6.07, 6.45) is 5.41. The molecular weight excluding hydrogens is 288 g/mol. The van der Waals surface area contributed by atoms with E-state index in [1.165, 1.54) is 12.8 Å². The third-order valence-electron chi connectivity index (χ3n) is 4.15. The molecule has 1 N–H and O–H groups in total. The molecule has 8 heteroatoms. The van der Waals surface area contributed by atoms with Gasteiger partial charge in [-0.25, -0.2) is 4.68 Å². The number of hydrogen-bond donors (Lipinski definition) is 1.